The molecule has 1 rings (SSSR count). The monoisotopic (exact) mass is 190 g/mol. The van der Waals surface area contributed by atoms with Crippen molar-refractivity contribution < 1.29 is 24.5 Å². The molecule has 0 aromatic heterocycles. The fourth-order valence-corrected chi connectivity index (χ4v) is 1.40. The van der Waals surface area contributed by atoms with Crippen LogP contribution in [0.5, 0.6) is 0 Å². The summed E-state index contributed by atoms with van der Waals surface area (Å²) in [5.41, 5.74) is 0. The lowest BCUT2D eigenvalue weighted by atomic mass is 10.0. The molecule has 0 saturated carbocycles. The zero-order valence-corrected chi connectivity index (χ0v) is 7.64. The Hall–Kier alpha value is -0.650. The van der Waals surface area contributed by atoms with Crippen LogP contribution in [0.25, 0.3) is 0 Å². The van der Waals surface area contributed by atoms with E-state index in [1.54, 1.807) is 6.92 Å². The van der Waals surface area contributed by atoms with Crippen molar-refractivity contribution in [2.45, 2.75) is 44.9 Å². The number of carbonyl (C=O) groups is 1. The maximum atomic E-state index is 10.6. The van der Waals surface area contributed by atoms with Crippen LogP contribution in [0.1, 0.15) is 20.3 Å². The van der Waals surface area contributed by atoms with Crippen LogP contribution in [-0.2, 0) is 14.3 Å². The molecule has 5 heteroatoms. The molecular weight excluding hydrogens is 176 g/mol. The predicted octanol–water partition coefficient (Wildman–Crippen LogP) is -0.594. The maximum absolute atomic E-state index is 10.6. The minimum Gasteiger partial charge on any atom is -0.457 e. The topological polar surface area (TPSA) is 76.0 Å². The highest BCUT2D eigenvalue weighted by Crippen LogP contribution is 2.21. The molecule has 0 amide bonds. The second kappa shape index (κ2) is 4.04. The lowest BCUT2D eigenvalue weighted by Crippen LogP contribution is -2.48. The van der Waals surface area contributed by atoms with Gasteiger partial charge in [0.1, 0.15) is 0 Å². The van der Waals surface area contributed by atoms with Crippen LogP contribution in [0.4, 0.5) is 0 Å². The van der Waals surface area contributed by atoms with Crippen molar-refractivity contribution in [2.75, 3.05) is 0 Å². The van der Waals surface area contributed by atoms with Gasteiger partial charge in [0.25, 0.3) is 0 Å². The first kappa shape index (κ1) is 10.4. The minimum atomic E-state index is -0.975. The standard InChI is InChI=1S/C8H14O5/c1-4-8(13-5(2)9)6(10)3-7(11)12-4/h4,6-8,10-11H,3H2,1-2H3. The van der Waals surface area contributed by atoms with Crippen LogP contribution in [0.3, 0.4) is 0 Å². The molecule has 0 aromatic carbocycles. The highest BCUT2D eigenvalue weighted by Gasteiger charge is 2.36. The van der Waals surface area contributed by atoms with E-state index in [0.29, 0.717) is 0 Å². The van der Waals surface area contributed by atoms with Crippen LogP contribution >= 0.6 is 0 Å². The number of carbonyl (C=O) groups excluding carboxylic acids is 1. The van der Waals surface area contributed by atoms with E-state index in [4.69, 9.17) is 14.6 Å². The predicted molar refractivity (Wildman–Crippen MR) is 42.7 cm³/mol. The molecule has 1 heterocycles. The van der Waals surface area contributed by atoms with Crippen LogP contribution in [0.2, 0.25) is 0 Å². The number of hydrogen-bond donors (Lipinski definition) is 2. The summed E-state index contributed by atoms with van der Waals surface area (Å²) in [4.78, 5) is 10.6. The zero-order chi connectivity index (χ0) is 10.0. The first-order chi connectivity index (χ1) is 6.00. The van der Waals surface area contributed by atoms with Crippen molar-refractivity contribution in [3.05, 3.63) is 0 Å². The van der Waals surface area contributed by atoms with Gasteiger partial charge in [-0.15, -0.1) is 0 Å². The van der Waals surface area contributed by atoms with Gasteiger partial charge in [0, 0.05) is 13.3 Å². The molecular formula is C8H14O5. The van der Waals surface area contributed by atoms with Gasteiger partial charge in [-0.2, -0.15) is 0 Å². The Kier molecular flexibility index (Phi) is 3.24. The Morgan fingerprint density at radius 2 is 2.15 bits per heavy atom. The Labute approximate surface area is 76.3 Å². The first-order valence-corrected chi connectivity index (χ1v) is 4.19. The molecule has 1 aliphatic rings. The minimum absolute atomic E-state index is 0.0717. The van der Waals surface area contributed by atoms with Crippen molar-refractivity contribution in [3.8, 4) is 0 Å². The van der Waals surface area contributed by atoms with Gasteiger partial charge < -0.3 is 19.7 Å². The highest BCUT2D eigenvalue weighted by molar-refractivity contribution is 5.66. The smallest absolute Gasteiger partial charge is 0.303 e. The van der Waals surface area contributed by atoms with Crippen LogP contribution in [0.15, 0.2) is 0 Å². The molecule has 13 heavy (non-hydrogen) atoms. The van der Waals surface area contributed by atoms with Gasteiger partial charge in [0.2, 0.25) is 0 Å². The number of ether oxygens (including phenoxy) is 2. The summed E-state index contributed by atoms with van der Waals surface area (Å²) in [6, 6.07) is 0. The lowest BCUT2D eigenvalue weighted by Gasteiger charge is -2.35. The second-order valence-corrected chi connectivity index (χ2v) is 3.17. The van der Waals surface area contributed by atoms with Gasteiger partial charge in [-0.05, 0) is 6.92 Å². The molecule has 1 fully saturated rings. The number of aliphatic hydroxyl groups excluding tert-OH is 2. The van der Waals surface area contributed by atoms with Gasteiger partial charge in [0.05, 0.1) is 12.2 Å². The molecule has 0 aliphatic carbocycles. The fraction of sp³-hybridized carbons (Fsp3) is 0.875. The summed E-state index contributed by atoms with van der Waals surface area (Å²) in [5, 5.41) is 18.5. The summed E-state index contributed by atoms with van der Waals surface area (Å²) in [7, 11) is 0. The third-order valence-corrected chi connectivity index (χ3v) is 1.96. The van der Waals surface area contributed by atoms with E-state index in [0.717, 1.165) is 0 Å². The third kappa shape index (κ3) is 2.65. The van der Waals surface area contributed by atoms with E-state index >= 15 is 0 Å². The molecule has 2 N–H and O–H groups in total. The van der Waals surface area contributed by atoms with E-state index in [1.165, 1.54) is 6.92 Å². The van der Waals surface area contributed by atoms with E-state index < -0.39 is 30.6 Å². The van der Waals surface area contributed by atoms with Crippen LogP contribution < -0.4 is 0 Å². The average molecular weight is 190 g/mol. The quantitative estimate of drug-likeness (QED) is 0.540. The molecule has 4 atom stereocenters. The van der Waals surface area contributed by atoms with Gasteiger partial charge in [-0.3, -0.25) is 4.79 Å². The van der Waals surface area contributed by atoms with Crippen molar-refractivity contribution in [1.29, 1.82) is 0 Å². The van der Waals surface area contributed by atoms with Crippen LogP contribution in [0, 0.1) is 0 Å². The molecule has 1 aliphatic heterocycles. The number of rotatable bonds is 1. The van der Waals surface area contributed by atoms with E-state index in [-0.39, 0.29) is 6.42 Å². The van der Waals surface area contributed by atoms with Crippen molar-refractivity contribution >= 4 is 5.97 Å². The summed E-state index contributed by atoms with van der Waals surface area (Å²) >= 11 is 0. The Balaban J connectivity index is 2.56. The first-order valence-electron chi connectivity index (χ1n) is 4.19. The second-order valence-electron chi connectivity index (χ2n) is 3.17. The van der Waals surface area contributed by atoms with E-state index in [9.17, 15) is 9.90 Å². The van der Waals surface area contributed by atoms with Gasteiger partial charge >= 0.3 is 5.97 Å². The molecule has 0 aromatic rings. The van der Waals surface area contributed by atoms with Gasteiger partial charge in [0.15, 0.2) is 12.4 Å². The molecule has 76 valence electrons. The Bertz CT molecular complexity index is 181. The number of esters is 1. The van der Waals surface area contributed by atoms with E-state index in [1.807, 2.05) is 0 Å². The number of hydrogen-bond acceptors (Lipinski definition) is 5. The molecule has 4 unspecified atom stereocenters. The van der Waals surface area contributed by atoms with Gasteiger partial charge in [-0.1, -0.05) is 0 Å². The molecule has 0 bridgehead atoms. The summed E-state index contributed by atoms with van der Waals surface area (Å²) in [5.74, 6) is -0.462. The summed E-state index contributed by atoms with van der Waals surface area (Å²) in [6.45, 7) is 2.91. The van der Waals surface area contributed by atoms with E-state index in [2.05, 4.69) is 0 Å². The zero-order valence-electron chi connectivity index (χ0n) is 7.64. The molecule has 5 nitrogen and oxygen atoms in total. The Morgan fingerprint density at radius 3 is 2.62 bits per heavy atom. The molecule has 0 spiro atoms. The van der Waals surface area contributed by atoms with Crippen molar-refractivity contribution in [1.82, 2.24) is 0 Å². The SMILES string of the molecule is CC(=O)OC1C(O)CC(O)OC1C. The van der Waals surface area contributed by atoms with Crippen molar-refractivity contribution in [3.63, 3.8) is 0 Å². The lowest BCUT2D eigenvalue weighted by molar-refractivity contribution is -0.235. The van der Waals surface area contributed by atoms with Gasteiger partial charge in [-0.25, -0.2) is 0 Å². The molecule has 0 radical (unpaired) electrons. The van der Waals surface area contributed by atoms with Crippen molar-refractivity contribution in [2.24, 2.45) is 0 Å². The largest absolute Gasteiger partial charge is 0.457 e. The average Bonchev–Trinajstić information content (AvgIpc) is 1.96. The van der Waals surface area contributed by atoms with Crippen LogP contribution in [-0.4, -0.2) is 40.8 Å². The normalized spacial score (nSPS) is 40.0. The summed E-state index contributed by atoms with van der Waals surface area (Å²) in [6.07, 6.45) is -2.93. The number of aliphatic hydroxyl groups is 2. The Morgan fingerprint density at radius 1 is 1.54 bits per heavy atom. The third-order valence-electron chi connectivity index (χ3n) is 1.96. The fourth-order valence-electron chi connectivity index (χ4n) is 1.40. The highest BCUT2D eigenvalue weighted by atomic mass is 16.6. The summed E-state index contributed by atoms with van der Waals surface area (Å²) < 4.78 is 9.83. The molecule has 1 saturated heterocycles. The maximum Gasteiger partial charge on any atom is 0.303 e.